The maximum Gasteiger partial charge on any atom is 0.335 e. The number of carbonyl (C=O) groups excluding carboxylic acids is 2. The van der Waals surface area contributed by atoms with Crippen molar-refractivity contribution < 1.29 is 48.0 Å². The summed E-state index contributed by atoms with van der Waals surface area (Å²) in [4.78, 5) is 49.3. The van der Waals surface area contributed by atoms with Crippen LogP contribution >= 0.6 is 0 Å². The molecule has 2 amide bonds. The van der Waals surface area contributed by atoms with Crippen LogP contribution in [-0.2, 0) is 29.2 Å². The number of amides is 2. The molecule has 13 nitrogen and oxygen atoms in total. The molecule has 0 bridgehead atoms. The van der Waals surface area contributed by atoms with Gasteiger partial charge in [-0.15, -0.1) is 0 Å². The first-order valence-corrected chi connectivity index (χ1v) is 14.5. The van der Waals surface area contributed by atoms with E-state index in [4.69, 9.17) is 20.4 Å². The van der Waals surface area contributed by atoms with Crippen molar-refractivity contribution in [3.05, 3.63) is 0 Å². The number of aliphatic hydroxyl groups excluding tert-OH is 2. The minimum atomic E-state index is -3.59. The summed E-state index contributed by atoms with van der Waals surface area (Å²) >= 11 is 0. The molecule has 0 saturated carbocycles. The number of sulfonamides is 1. The zero-order valence-corrected chi connectivity index (χ0v) is 22.2. The summed E-state index contributed by atoms with van der Waals surface area (Å²) < 4.78 is 25.3. The third kappa shape index (κ3) is 7.85. The van der Waals surface area contributed by atoms with E-state index in [0.29, 0.717) is 25.8 Å². The van der Waals surface area contributed by atoms with E-state index in [9.17, 15) is 27.6 Å². The third-order valence-corrected chi connectivity index (χ3v) is 8.23. The Morgan fingerprint density at radius 1 is 1.00 bits per heavy atom. The van der Waals surface area contributed by atoms with E-state index in [1.165, 1.54) is 19.5 Å². The van der Waals surface area contributed by atoms with E-state index in [-0.39, 0.29) is 29.8 Å². The maximum atomic E-state index is 12.8. The van der Waals surface area contributed by atoms with Gasteiger partial charge in [0.1, 0.15) is 0 Å². The van der Waals surface area contributed by atoms with Gasteiger partial charge in [-0.1, -0.05) is 19.8 Å². The largest absolute Gasteiger partial charge is 0.479 e. The molecule has 0 aliphatic carbocycles. The Hall–Kier alpha value is -2.29. The van der Waals surface area contributed by atoms with E-state index >= 15 is 0 Å². The van der Waals surface area contributed by atoms with Crippen molar-refractivity contribution in [1.29, 1.82) is 0 Å². The molecule has 3 aliphatic rings. The van der Waals surface area contributed by atoms with Crippen molar-refractivity contribution in [3.63, 3.8) is 0 Å². The minimum absolute atomic E-state index is 0.0794. The Labute approximate surface area is 217 Å². The molecule has 0 aromatic carbocycles. The molecule has 0 aromatic heterocycles. The molecule has 2 unspecified atom stereocenters. The molecule has 0 aromatic rings. The number of aliphatic hydroxyl groups is 2. The van der Waals surface area contributed by atoms with Crippen LogP contribution in [0.3, 0.4) is 0 Å². The van der Waals surface area contributed by atoms with Gasteiger partial charge < -0.3 is 30.2 Å². The average Bonchev–Trinajstić information content (AvgIpc) is 3.31. The lowest BCUT2D eigenvalue weighted by atomic mass is 9.94. The Balaban J connectivity index is 0.000000410. The summed E-state index contributed by atoms with van der Waals surface area (Å²) in [6.45, 7) is 6.09. The topological polar surface area (TPSA) is 193 Å². The van der Waals surface area contributed by atoms with E-state index in [1.54, 1.807) is 0 Å². The first kappa shape index (κ1) is 30.9. The highest BCUT2D eigenvalue weighted by Gasteiger charge is 2.56. The normalized spacial score (nSPS) is 25.1. The highest BCUT2D eigenvalue weighted by molar-refractivity contribution is 7.88. The predicted molar refractivity (Wildman–Crippen MR) is 131 cm³/mol. The average molecular weight is 550 g/mol. The van der Waals surface area contributed by atoms with Gasteiger partial charge in [-0.05, 0) is 51.7 Å². The fourth-order valence-electron chi connectivity index (χ4n) is 5.13. The monoisotopic (exact) mass is 549 g/mol. The van der Waals surface area contributed by atoms with E-state index in [0.717, 1.165) is 42.8 Å². The van der Waals surface area contributed by atoms with Crippen LogP contribution < -0.4 is 0 Å². The first-order valence-electron chi connectivity index (χ1n) is 12.7. The molecule has 3 rings (SSSR count). The van der Waals surface area contributed by atoms with Crippen LogP contribution in [0, 0.1) is 5.92 Å². The number of unbranched alkanes of at least 4 members (excludes halogenated alkanes) is 2. The summed E-state index contributed by atoms with van der Waals surface area (Å²) in [7, 11) is -3.59. The zero-order valence-electron chi connectivity index (χ0n) is 21.4. The van der Waals surface area contributed by atoms with Crippen molar-refractivity contribution in [3.8, 4) is 0 Å². The molecular formula is C23H39N3O10S. The molecule has 3 heterocycles. The third-order valence-electron chi connectivity index (χ3n) is 7.06. The Morgan fingerprint density at radius 3 is 2.05 bits per heavy atom. The van der Waals surface area contributed by atoms with Crippen LogP contribution in [0.4, 0.5) is 0 Å². The molecule has 3 fully saturated rings. The van der Waals surface area contributed by atoms with Gasteiger partial charge in [-0.25, -0.2) is 22.3 Å². The molecule has 3 aliphatic heterocycles. The number of aliphatic carboxylic acids is 2. The highest BCUT2D eigenvalue weighted by Crippen LogP contribution is 2.40. The van der Waals surface area contributed by atoms with Crippen LogP contribution in [0.2, 0.25) is 0 Å². The second-order valence-corrected chi connectivity index (χ2v) is 11.7. The smallest absolute Gasteiger partial charge is 0.335 e. The van der Waals surface area contributed by atoms with Crippen molar-refractivity contribution >= 4 is 33.8 Å². The number of carboxylic acids is 2. The van der Waals surface area contributed by atoms with Crippen LogP contribution in [0.1, 0.15) is 58.3 Å². The number of hydrogen-bond acceptors (Lipinski definition) is 9. The SMILES string of the molecule is CCC[C@H]1C(=O)N(S(C)(=O)=O)[C@H]2CCN(C(=O)CCCCCN3CCC3)[C@H]12.O=C(O)C(O)C(O)C(=O)O. The number of carbonyl (C=O) groups is 4. The zero-order chi connectivity index (χ0) is 27.9. The number of nitrogens with zero attached hydrogens (tertiary/aromatic N) is 3. The quantitative estimate of drug-likeness (QED) is 0.225. The number of rotatable bonds is 12. The predicted octanol–water partition coefficient (Wildman–Crippen LogP) is -0.682. The van der Waals surface area contributed by atoms with Crippen molar-refractivity contribution in [2.45, 2.75) is 82.6 Å². The number of hydrogen-bond donors (Lipinski definition) is 4. The van der Waals surface area contributed by atoms with Crippen LogP contribution in [0.5, 0.6) is 0 Å². The molecule has 14 heteroatoms. The second-order valence-electron chi connectivity index (χ2n) is 9.80. The van der Waals surface area contributed by atoms with Crippen LogP contribution in [0.25, 0.3) is 0 Å². The molecule has 37 heavy (non-hydrogen) atoms. The lowest BCUT2D eigenvalue weighted by Crippen LogP contribution is -2.43. The van der Waals surface area contributed by atoms with Gasteiger partial charge in [0.25, 0.3) is 0 Å². The van der Waals surface area contributed by atoms with Crippen molar-refractivity contribution in [2.75, 3.05) is 32.4 Å². The summed E-state index contributed by atoms with van der Waals surface area (Å²) in [5.41, 5.74) is 0. The summed E-state index contributed by atoms with van der Waals surface area (Å²) in [6.07, 6.45) is 3.38. The highest BCUT2D eigenvalue weighted by atomic mass is 32.2. The van der Waals surface area contributed by atoms with Gasteiger partial charge in [0, 0.05) is 13.0 Å². The number of fused-ring (bicyclic) bond motifs is 1. The summed E-state index contributed by atoms with van der Waals surface area (Å²) in [5, 5.41) is 32.5. The van der Waals surface area contributed by atoms with Gasteiger partial charge >= 0.3 is 11.9 Å². The van der Waals surface area contributed by atoms with Crippen molar-refractivity contribution in [1.82, 2.24) is 14.1 Å². The van der Waals surface area contributed by atoms with Gasteiger partial charge in [-0.3, -0.25) is 9.59 Å². The van der Waals surface area contributed by atoms with E-state index in [2.05, 4.69) is 4.90 Å². The molecule has 0 spiro atoms. The summed E-state index contributed by atoms with van der Waals surface area (Å²) in [6, 6.07) is -0.653. The Morgan fingerprint density at radius 2 is 1.59 bits per heavy atom. The van der Waals surface area contributed by atoms with Gasteiger partial charge in [0.15, 0.2) is 12.2 Å². The van der Waals surface area contributed by atoms with Gasteiger partial charge in [0.2, 0.25) is 21.8 Å². The fraction of sp³-hybridized carbons (Fsp3) is 0.826. The standard InChI is InChI=1S/C19H33N3O4S.C4H6O6/c1-3-8-15-18-16(22(19(15)24)27(2,25)26)10-14-21(18)17(23)9-5-4-6-11-20-12-7-13-20;5-1(3(7)8)2(6)4(9)10/h15-16,18H,3-14H2,1-2H3;1-2,5-6H,(H,7,8)(H,9,10)/t15-,16+,18-;/m1./s1. The molecule has 4 N–H and O–H groups in total. The molecule has 3 saturated heterocycles. The van der Waals surface area contributed by atoms with Crippen LogP contribution in [0.15, 0.2) is 0 Å². The van der Waals surface area contributed by atoms with Gasteiger partial charge in [0.05, 0.1) is 24.3 Å². The Kier molecular flexibility index (Phi) is 11.3. The van der Waals surface area contributed by atoms with Crippen LogP contribution in [-0.4, -0.2) is 123 Å². The number of likely N-dealkylation sites (tertiary alicyclic amines) is 2. The molecular weight excluding hydrogens is 510 g/mol. The fourth-order valence-corrected chi connectivity index (χ4v) is 6.31. The maximum absolute atomic E-state index is 12.8. The van der Waals surface area contributed by atoms with Gasteiger partial charge in [-0.2, -0.15) is 0 Å². The molecule has 5 atom stereocenters. The lowest BCUT2D eigenvalue weighted by molar-refractivity contribution is -0.165. The van der Waals surface area contributed by atoms with Crippen molar-refractivity contribution in [2.24, 2.45) is 5.92 Å². The van der Waals surface area contributed by atoms with E-state index < -0.39 is 34.2 Å². The van der Waals surface area contributed by atoms with E-state index in [1.807, 2.05) is 11.8 Å². The summed E-state index contributed by atoms with van der Waals surface area (Å²) in [5.74, 6) is -4.16. The lowest BCUT2D eigenvalue weighted by Gasteiger charge is -2.30. The second kappa shape index (κ2) is 13.5. The molecule has 212 valence electrons. The first-order chi connectivity index (χ1) is 17.3. The minimum Gasteiger partial charge on any atom is -0.479 e. The number of carboxylic acid groups (broad SMARTS) is 2. The molecule has 0 radical (unpaired) electrons. The Bertz CT molecular complexity index is 921.